The highest BCUT2D eigenvalue weighted by molar-refractivity contribution is 5.75. The molecule has 0 radical (unpaired) electrons. The van der Waals surface area contributed by atoms with Gasteiger partial charge in [0.15, 0.2) is 0 Å². The number of hydrogen-bond acceptors (Lipinski definition) is 1. The molecular weight excluding hydrogens is 304 g/mol. The Morgan fingerprint density at radius 2 is 1.36 bits per heavy atom. The van der Waals surface area contributed by atoms with Crippen molar-refractivity contribution in [1.29, 1.82) is 0 Å². The van der Waals surface area contributed by atoms with Gasteiger partial charge in [0.1, 0.15) is 5.75 Å². The SMILES string of the molecule is CCCCCCCCCc1c(CCC)ccc(O)c1-c1ccccc1. The molecule has 136 valence electrons. The minimum absolute atomic E-state index is 0.420. The summed E-state index contributed by atoms with van der Waals surface area (Å²) in [5.41, 5.74) is 4.96. The summed E-state index contributed by atoms with van der Waals surface area (Å²) < 4.78 is 0. The van der Waals surface area contributed by atoms with Crippen molar-refractivity contribution < 1.29 is 5.11 Å². The van der Waals surface area contributed by atoms with E-state index in [9.17, 15) is 5.11 Å². The first-order valence-corrected chi connectivity index (χ1v) is 10.2. The maximum absolute atomic E-state index is 10.5. The number of unbranched alkanes of at least 4 members (excludes halogenated alkanes) is 6. The van der Waals surface area contributed by atoms with Gasteiger partial charge in [0.25, 0.3) is 0 Å². The van der Waals surface area contributed by atoms with Gasteiger partial charge in [-0.15, -0.1) is 0 Å². The van der Waals surface area contributed by atoms with Crippen molar-refractivity contribution >= 4 is 0 Å². The largest absolute Gasteiger partial charge is 0.507 e. The summed E-state index contributed by atoms with van der Waals surface area (Å²) in [7, 11) is 0. The number of aromatic hydroxyl groups is 1. The second-order valence-electron chi connectivity index (χ2n) is 7.08. The van der Waals surface area contributed by atoms with Gasteiger partial charge in [0.05, 0.1) is 0 Å². The highest BCUT2D eigenvalue weighted by atomic mass is 16.3. The van der Waals surface area contributed by atoms with E-state index in [4.69, 9.17) is 0 Å². The van der Waals surface area contributed by atoms with Crippen LogP contribution in [-0.2, 0) is 12.8 Å². The fourth-order valence-electron chi connectivity index (χ4n) is 3.65. The molecule has 0 amide bonds. The number of hydrogen-bond donors (Lipinski definition) is 1. The first-order chi connectivity index (χ1) is 12.3. The van der Waals surface area contributed by atoms with Crippen molar-refractivity contribution in [3.05, 3.63) is 53.6 Å². The van der Waals surface area contributed by atoms with E-state index in [1.54, 1.807) is 0 Å². The Morgan fingerprint density at radius 1 is 0.680 bits per heavy atom. The molecule has 0 saturated carbocycles. The summed E-state index contributed by atoms with van der Waals surface area (Å²) >= 11 is 0. The van der Waals surface area contributed by atoms with Crippen LogP contribution in [-0.4, -0.2) is 5.11 Å². The average Bonchev–Trinajstić information content (AvgIpc) is 2.64. The summed E-state index contributed by atoms with van der Waals surface area (Å²) in [6.45, 7) is 4.49. The quantitative estimate of drug-likeness (QED) is 0.426. The van der Waals surface area contributed by atoms with Gasteiger partial charge in [-0.1, -0.05) is 95.2 Å². The number of aryl methyl sites for hydroxylation is 1. The molecule has 1 heteroatoms. The Morgan fingerprint density at radius 3 is 2.04 bits per heavy atom. The van der Waals surface area contributed by atoms with Gasteiger partial charge in [-0.2, -0.15) is 0 Å². The molecule has 2 aromatic rings. The second-order valence-corrected chi connectivity index (χ2v) is 7.08. The maximum Gasteiger partial charge on any atom is 0.123 e. The second kappa shape index (κ2) is 11.0. The van der Waals surface area contributed by atoms with Gasteiger partial charge in [-0.25, -0.2) is 0 Å². The fraction of sp³-hybridized carbons (Fsp3) is 0.500. The van der Waals surface area contributed by atoms with Crippen molar-refractivity contribution in [2.45, 2.75) is 78.1 Å². The standard InChI is InChI=1S/C24H34O/c1-3-5-6-7-8-9-13-17-22-20(14-4-2)18-19-23(25)24(22)21-15-11-10-12-16-21/h10-12,15-16,18-19,25H,3-9,13-14,17H2,1-2H3. The molecule has 0 aromatic heterocycles. The van der Waals surface area contributed by atoms with Gasteiger partial charge >= 0.3 is 0 Å². The number of phenolic OH excluding ortho intramolecular Hbond substituents is 1. The lowest BCUT2D eigenvalue weighted by Crippen LogP contribution is -1.99. The van der Waals surface area contributed by atoms with E-state index in [-0.39, 0.29) is 0 Å². The summed E-state index contributed by atoms with van der Waals surface area (Å²) in [5, 5.41) is 10.5. The van der Waals surface area contributed by atoms with Crippen LogP contribution in [0.25, 0.3) is 11.1 Å². The van der Waals surface area contributed by atoms with Crippen LogP contribution in [0.15, 0.2) is 42.5 Å². The molecule has 25 heavy (non-hydrogen) atoms. The van der Waals surface area contributed by atoms with Gasteiger partial charge in [0, 0.05) is 5.56 Å². The summed E-state index contributed by atoms with van der Waals surface area (Å²) in [6.07, 6.45) is 12.6. The zero-order valence-corrected chi connectivity index (χ0v) is 16.1. The van der Waals surface area contributed by atoms with Crippen molar-refractivity contribution in [2.24, 2.45) is 0 Å². The van der Waals surface area contributed by atoms with E-state index in [1.807, 2.05) is 12.1 Å². The van der Waals surface area contributed by atoms with Crippen molar-refractivity contribution in [1.82, 2.24) is 0 Å². The van der Waals surface area contributed by atoms with E-state index >= 15 is 0 Å². The van der Waals surface area contributed by atoms with Gasteiger partial charge in [0.2, 0.25) is 0 Å². The molecule has 1 nitrogen and oxygen atoms in total. The number of phenols is 1. The predicted molar refractivity (Wildman–Crippen MR) is 109 cm³/mol. The Hall–Kier alpha value is -1.76. The van der Waals surface area contributed by atoms with Crippen LogP contribution in [0, 0.1) is 0 Å². The monoisotopic (exact) mass is 338 g/mol. The molecule has 0 spiro atoms. The van der Waals surface area contributed by atoms with Crippen LogP contribution >= 0.6 is 0 Å². The highest BCUT2D eigenvalue weighted by Crippen LogP contribution is 2.36. The fourth-order valence-corrected chi connectivity index (χ4v) is 3.65. The van der Waals surface area contributed by atoms with Crippen LogP contribution in [0.3, 0.4) is 0 Å². The zero-order chi connectivity index (χ0) is 17.9. The number of rotatable bonds is 11. The molecule has 0 aliphatic rings. The van der Waals surface area contributed by atoms with E-state index in [2.05, 4.69) is 44.2 Å². The first kappa shape index (κ1) is 19.6. The molecule has 0 heterocycles. The normalized spacial score (nSPS) is 11.0. The Labute approximate surface area is 154 Å². The molecule has 0 bridgehead atoms. The molecule has 0 aliphatic carbocycles. The Kier molecular flexibility index (Phi) is 8.59. The van der Waals surface area contributed by atoms with Crippen LogP contribution in [0.2, 0.25) is 0 Å². The lowest BCUT2D eigenvalue weighted by molar-refractivity contribution is 0.476. The summed E-state index contributed by atoms with van der Waals surface area (Å²) in [4.78, 5) is 0. The van der Waals surface area contributed by atoms with Gasteiger partial charge in [-0.3, -0.25) is 0 Å². The zero-order valence-electron chi connectivity index (χ0n) is 16.1. The van der Waals surface area contributed by atoms with Gasteiger partial charge < -0.3 is 5.11 Å². The minimum Gasteiger partial charge on any atom is -0.507 e. The van der Waals surface area contributed by atoms with Crippen LogP contribution in [0.5, 0.6) is 5.75 Å². The Balaban J connectivity index is 2.12. The Bertz CT molecular complexity index is 615. The molecule has 1 N–H and O–H groups in total. The lowest BCUT2D eigenvalue weighted by atomic mass is 9.89. The van der Waals surface area contributed by atoms with Crippen LogP contribution in [0.4, 0.5) is 0 Å². The molecule has 0 unspecified atom stereocenters. The predicted octanol–water partition coefficient (Wildman–Crippen LogP) is 7.30. The third-order valence-electron chi connectivity index (χ3n) is 5.00. The third kappa shape index (κ3) is 5.92. The summed E-state index contributed by atoms with van der Waals surface area (Å²) in [6, 6.07) is 14.4. The van der Waals surface area contributed by atoms with E-state index < -0.39 is 0 Å². The van der Waals surface area contributed by atoms with E-state index in [1.165, 1.54) is 56.1 Å². The first-order valence-electron chi connectivity index (χ1n) is 10.2. The average molecular weight is 339 g/mol. The van der Waals surface area contributed by atoms with Crippen LogP contribution in [0.1, 0.15) is 76.3 Å². The molecule has 0 aliphatic heterocycles. The van der Waals surface area contributed by atoms with E-state index in [0.717, 1.165) is 30.4 Å². The van der Waals surface area contributed by atoms with Crippen molar-refractivity contribution in [3.63, 3.8) is 0 Å². The van der Waals surface area contributed by atoms with Crippen molar-refractivity contribution in [2.75, 3.05) is 0 Å². The number of benzene rings is 2. The van der Waals surface area contributed by atoms with Crippen molar-refractivity contribution in [3.8, 4) is 16.9 Å². The molecule has 0 atom stereocenters. The molecule has 0 saturated heterocycles. The third-order valence-corrected chi connectivity index (χ3v) is 5.00. The molecule has 2 aromatic carbocycles. The molecule has 2 rings (SSSR count). The lowest BCUT2D eigenvalue weighted by Gasteiger charge is -2.17. The smallest absolute Gasteiger partial charge is 0.123 e. The highest BCUT2D eigenvalue weighted by Gasteiger charge is 2.14. The van der Waals surface area contributed by atoms with Crippen LogP contribution < -0.4 is 0 Å². The topological polar surface area (TPSA) is 20.2 Å². The maximum atomic E-state index is 10.5. The molecular formula is C24H34O. The minimum atomic E-state index is 0.420. The van der Waals surface area contributed by atoms with E-state index in [0.29, 0.717) is 5.75 Å². The van der Waals surface area contributed by atoms with Gasteiger partial charge in [-0.05, 0) is 42.0 Å². The molecule has 0 fully saturated rings. The summed E-state index contributed by atoms with van der Waals surface area (Å²) in [5.74, 6) is 0.420.